The third-order valence-corrected chi connectivity index (χ3v) is 2.64. The molecule has 0 heterocycles. The predicted molar refractivity (Wildman–Crippen MR) is 41.3 cm³/mol. The molecule has 0 radical (unpaired) electrons. The highest BCUT2D eigenvalue weighted by Gasteiger charge is 2.45. The van der Waals surface area contributed by atoms with Gasteiger partial charge in [-0.2, -0.15) is 13.2 Å². The van der Waals surface area contributed by atoms with E-state index < -0.39 is 39.5 Å². The van der Waals surface area contributed by atoms with Crippen LogP contribution in [0.15, 0.2) is 0 Å². The summed E-state index contributed by atoms with van der Waals surface area (Å²) in [6, 6.07) is 0. The van der Waals surface area contributed by atoms with Crippen molar-refractivity contribution in [3.05, 3.63) is 0 Å². The molecule has 0 aromatic carbocycles. The normalized spacial score (nSPS) is 13.4. The molecule has 0 aromatic rings. The van der Waals surface area contributed by atoms with Gasteiger partial charge < -0.3 is 0 Å². The van der Waals surface area contributed by atoms with Crippen molar-refractivity contribution in [3.63, 3.8) is 0 Å². The zero-order valence-electron chi connectivity index (χ0n) is 6.54. The number of halogens is 3. The summed E-state index contributed by atoms with van der Waals surface area (Å²) in [7, 11) is -8.32. The fourth-order valence-corrected chi connectivity index (χ4v) is 1.24. The van der Waals surface area contributed by atoms with Gasteiger partial charge in [0.1, 0.15) is 0 Å². The molecule has 86 valence electrons. The van der Waals surface area contributed by atoms with Crippen LogP contribution in [0, 0.1) is 0 Å². The van der Waals surface area contributed by atoms with Gasteiger partial charge >= 0.3 is 15.5 Å². The van der Waals surface area contributed by atoms with Crippen molar-refractivity contribution >= 4 is 20.9 Å². The molecule has 11 heteroatoms. The molecule has 0 saturated carbocycles. The Kier molecular flexibility index (Phi) is 4.77. The standard InChI is InChI=1S/C3H7F3N2O4S2/c4-3(5,6)14(11,12)8-2-1-7-13(9)10/h8,13H,1-2H2,(H,7,9,10). The highest BCUT2D eigenvalue weighted by atomic mass is 32.2. The van der Waals surface area contributed by atoms with Gasteiger partial charge in [0.2, 0.25) is 10.9 Å². The van der Waals surface area contributed by atoms with E-state index in [-0.39, 0.29) is 0 Å². The summed E-state index contributed by atoms with van der Waals surface area (Å²) < 4.78 is 78.0. The summed E-state index contributed by atoms with van der Waals surface area (Å²) in [4.78, 5) is 0. The minimum absolute atomic E-state index is 0.436. The van der Waals surface area contributed by atoms with Crippen LogP contribution < -0.4 is 9.44 Å². The largest absolute Gasteiger partial charge is 0.511 e. The zero-order valence-corrected chi connectivity index (χ0v) is 8.25. The lowest BCUT2D eigenvalue weighted by Crippen LogP contribution is -2.39. The first-order valence-corrected chi connectivity index (χ1v) is 5.77. The van der Waals surface area contributed by atoms with Crippen LogP contribution in [-0.4, -0.2) is 35.4 Å². The van der Waals surface area contributed by atoms with Gasteiger partial charge in [-0.15, -0.1) is 0 Å². The zero-order chi connectivity index (χ0) is 11.4. The van der Waals surface area contributed by atoms with Gasteiger partial charge in [0.25, 0.3) is 0 Å². The maximum Gasteiger partial charge on any atom is 0.511 e. The van der Waals surface area contributed by atoms with Crippen molar-refractivity contribution in [1.29, 1.82) is 0 Å². The molecule has 2 N–H and O–H groups in total. The summed E-state index contributed by atoms with van der Waals surface area (Å²) in [5.74, 6) is 0. The van der Waals surface area contributed by atoms with Gasteiger partial charge in [-0.25, -0.2) is 26.3 Å². The molecular weight excluding hydrogens is 249 g/mol. The number of sulfonamides is 1. The molecule has 0 spiro atoms. The Labute approximate surface area is 79.6 Å². The summed E-state index contributed by atoms with van der Waals surface area (Å²) in [6.45, 7) is -1.10. The molecule has 6 nitrogen and oxygen atoms in total. The molecule has 0 atom stereocenters. The predicted octanol–water partition coefficient (Wildman–Crippen LogP) is -1.46. The van der Waals surface area contributed by atoms with Crippen LogP contribution in [-0.2, 0) is 20.9 Å². The van der Waals surface area contributed by atoms with Gasteiger partial charge in [0.05, 0.1) is 0 Å². The molecule has 0 rings (SSSR count). The van der Waals surface area contributed by atoms with E-state index in [9.17, 15) is 30.0 Å². The highest BCUT2D eigenvalue weighted by molar-refractivity contribution is 7.90. The number of nitrogens with one attached hydrogen (secondary N) is 2. The Balaban J connectivity index is 4.03. The van der Waals surface area contributed by atoms with Gasteiger partial charge in [-0.1, -0.05) is 0 Å². The van der Waals surface area contributed by atoms with E-state index in [1.165, 1.54) is 4.72 Å². The second kappa shape index (κ2) is 4.91. The lowest BCUT2D eigenvalue weighted by Gasteiger charge is -2.08. The summed E-state index contributed by atoms with van der Waals surface area (Å²) >= 11 is 0. The monoisotopic (exact) mass is 256 g/mol. The second-order valence-electron chi connectivity index (χ2n) is 2.01. The summed E-state index contributed by atoms with van der Waals surface area (Å²) in [5, 5.41) is 0. The topological polar surface area (TPSA) is 92.3 Å². The van der Waals surface area contributed by atoms with Gasteiger partial charge in [0, 0.05) is 13.1 Å². The molecule has 0 bridgehead atoms. The lowest BCUT2D eigenvalue weighted by atomic mass is 10.7. The molecule has 0 aliphatic rings. The smallest absolute Gasteiger partial charge is 0.216 e. The van der Waals surface area contributed by atoms with Crippen molar-refractivity contribution in [2.75, 3.05) is 13.1 Å². The molecule has 0 amide bonds. The average molecular weight is 256 g/mol. The van der Waals surface area contributed by atoms with Crippen LogP contribution in [0.5, 0.6) is 0 Å². The van der Waals surface area contributed by atoms with Gasteiger partial charge in [-0.05, 0) is 0 Å². The van der Waals surface area contributed by atoms with E-state index in [4.69, 9.17) is 0 Å². The highest BCUT2D eigenvalue weighted by Crippen LogP contribution is 2.20. The van der Waals surface area contributed by atoms with Crippen LogP contribution in [0.25, 0.3) is 0 Å². The maximum atomic E-state index is 11.6. The minimum atomic E-state index is -5.38. The quantitative estimate of drug-likeness (QED) is 0.414. The molecule has 0 fully saturated rings. The van der Waals surface area contributed by atoms with E-state index in [2.05, 4.69) is 0 Å². The van der Waals surface area contributed by atoms with Crippen LogP contribution in [0.1, 0.15) is 0 Å². The van der Waals surface area contributed by atoms with Crippen molar-refractivity contribution in [2.45, 2.75) is 5.51 Å². The Hall–Kier alpha value is -0.390. The fraction of sp³-hybridized carbons (Fsp3) is 1.00. The fourth-order valence-electron chi connectivity index (χ4n) is 0.414. The average Bonchev–Trinajstić information content (AvgIpc) is 1.95. The Morgan fingerprint density at radius 3 is 2.00 bits per heavy atom. The SMILES string of the molecule is O=[SH](=O)NCCNS(=O)(=O)C(F)(F)F. The van der Waals surface area contributed by atoms with Crippen LogP contribution >= 0.6 is 0 Å². The van der Waals surface area contributed by atoms with E-state index >= 15 is 0 Å². The van der Waals surface area contributed by atoms with Crippen LogP contribution in [0.2, 0.25) is 0 Å². The van der Waals surface area contributed by atoms with E-state index in [0.29, 0.717) is 0 Å². The first kappa shape index (κ1) is 13.6. The first-order chi connectivity index (χ1) is 6.17. The van der Waals surface area contributed by atoms with Crippen molar-refractivity contribution in [1.82, 2.24) is 9.44 Å². The van der Waals surface area contributed by atoms with Crippen molar-refractivity contribution in [3.8, 4) is 0 Å². The number of thiol groups is 1. The van der Waals surface area contributed by atoms with E-state index in [0.717, 1.165) is 0 Å². The third kappa shape index (κ3) is 4.74. The molecular formula is C3H7F3N2O4S2. The summed E-state index contributed by atoms with van der Waals surface area (Å²) in [5.41, 5.74) is -5.38. The van der Waals surface area contributed by atoms with Crippen LogP contribution in [0.3, 0.4) is 0 Å². The first-order valence-electron chi connectivity index (χ1n) is 3.10. The number of rotatable bonds is 5. The van der Waals surface area contributed by atoms with Crippen molar-refractivity contribution < 1.29 is 30.0 Å². The maximum absolute atomic E-state index is 11.6. The Bertz CT molecular complexity index is 337. The molecule has 14 heavy (non-hydrogen) atoms. The molecule has 0 aromatic heterocycles. The number of hydrogen-bond donors (Lipinski definition) is 3. The molecule has 0 aliphatic carbocycles. The number of hydrogen-bond acceptors (Lipinski definition) is 4. The molecule has 0 saturated heterocycles. The summed E-state index contributed by atoms with van der Waals surface area (Å²) in [6.07, 6.45) is 0. The van der Waals surface area contributed by atoms with Gasteiger partial charge in [-0.3, -0.25) is 0 Å². The lowest BCUT2D eigenvalue weighted by molar-refractivity contribution is -0.0447. The molecule has 0 unspecified atom stereocenters. The van der Waals surface area contributed by atoms with Crippen molar-refractivity contribution in [2.24, 2.45) is 0 Å². The third-order valence-electron chi connectivity index (χ3n) is 0.963. The Morgan fingerprint density at radius 1 is 1.14 bits per heavy atom. The number of alkyl halides is 3. The van der Waals surface area contributed by atoms with E-state index in [1.807, 2.05) is 0 Å². The van der Waals surface area contributed by atoms with Gasteiger partial charge in [0.15, 0.2) is 0 Å². The van der Waals surface area contributed by atoms with E-state index in [1.54, 1.807) is 4.72 Å². The minimum Gasteiger partial charge on any atom is -0.216 e. The molecule has 0 aliphatic heterocycles. The Morgan fingerprint density at radius 2 is 1.64 bits per heavy atom. The second-order valence-corrected chi connectivity index (χ2v) is 4.60. The van der Waals surface area contributed by atoms with Crippen LogP contribution in [0.4, 0.5) is 13.2 Å².